The lowest BCUT2D eigenvalue weighted by atomic mass is 10.1. The Balaban J connectivity index is 2.11. The maximum Gasteiger partial charge on any atom is 0.416 e. The van der Waals surface area contributed by atoms with Crippen molar-refractivity contribution in [1.82, 2.24) is 4.98 Å². The number of ether oxygens (including phenoxy) is 2. The Kier molecular flexibility index (Phi) is 7.01. The smallest absolute Gasteiger partial charge is 0.416 e. The number of anilines is 2. The van der Waals surface area contributed by atoms with E-state index >= 15 is 0 Å². The minimum absolute atomic E-state index is 0.320. The fraction of sp³-hybridized carbons (Fsp3) is 0.318. The van der Waals surface area contributed by atoms with Crippen LogP contribution in [0.4, 0.5) is 24.0 Å². The molecule has 166 valence electrons. The molecule has 0 amide bonds. The zero-order valence-electron chi connectivity index (χ0n) is 17.5. The third-order valence-corrected chi connectivity index (χ3v) is 6.00. The maximum absolute atomic E-state index is 13.4. The molecule has 9 heteroatoms. The normalized spacial score (nSPS) is 11.5. The summed E-state index contributed by atoms with van der Waals surface area (Å²) in [6.45, 7) is 4.33. The Bertz CT molecular complexity index is 1070. The molecule has 0 fully saturated rings. The van der Waals surface area contributed by atoms with E-state index in [-0.39, 0.29) is 0 Å². The lowest BCUT2D eigenvalue weighted by Gasteiger charge is -2.24. The highest BCUT2D eigenvalue weighted by Crippen LogP contribution is 2.43. The number of hydrogen-bond donors (Lipinski definition) is 0. The molecule has 0 saturated heterocycles. The van der Waals surface area contributed by atoms with E-state index in [9.17, 15) is 13.2 Å². The summed E-state index contributed by atoms with van der Waals surface area (Å²) in [5, 5.41) is 1.05. The van der Waals surface area contributed by atoms with Crippen molar-refractivity contribution in [3.63, 3.8) is 0 Å². The standard InChI is InChI=1S/C22H22ClF3N2O2S/c1-5-10-28(18-11-14(22(24,25)26)6-9-19(18)30-4)21-27-20(13(2)31-21)16-8-7-15(29-3)12-17(16)23/h6-9,11-12H,5,10H2,1-4H3. The van der Waals surface area contributed by atoms with Crippen LogP contribution in [0.5, 0.6) is 11.5 Å². The molecule has 3 aromatic rings. The Morgan fingerprint density at radius 2 is 1.84 bits per heavy atom. The zero-order chi connectivity index (χ0) is 22.8. The molecule has 1 aromatic heterocycles. The Labute approximate surface area is 188 Å². The molecule has 0 radical (unpaired) electrons. The lowest BCUT2D eigenvalue weighted by Crippen LogP contribution is -2.19. The molecule has 0 spiro atoms. The predicted molar refractivity (Wildman–Crippen MR) is 119 cm³/mol. The number of nitrogens with zero attached hydrogens (tertiary/aromatic N) is 2. The van der Waals surface area contributed by atoms with Crippen LogP contribution in [-0.4, -0.2) is 25.7 Å². The van der Waals surface area contributed by atoms with Crippen LogP contribution in [0.3, 0.4) is 0 Å². The molecule has 2 aromatic carbocycles. The number of alkyl halides is 3. The Hall–Kier alpha value is -2.45. The number of aromatic nitrogens is 1. The zero-order valence-corrected chi connectivity index (χ0v) is 19.1. The molecule has 3 rings (SSSR count). The number of aryl methyl sites for hydroxylation is 1. The predicted octanol–water partition coefficient (Wildman–Crippen LogP) is 7.36. The second-order valence-corrected chi connectivity index (χ2v) is 8.37. The summed E-state index contributed by atoms with van der Waals surface area (Å²) < 4.78 is 50.6. The van der Waals surface area contributed by atoms with Crippen LogP contribution in [0.15, 0.2) is 36.4 Å². The highest BCUT2D eigenvalue weighted by Gasteiger charge is 2.32. The van der Waals surface area contributed by atoms with Crippen LogP contribution in [-0.2, 0) is 6.18 Å². The third-order valence-electron chi connectivity index (χ3n) is 4.69. The number of methoxy groups -OCH3 is 2. The van der Waals surface area contributed by atoms with Crippen molar-refractivity contribution in [2.24, 2.45) is 0 Å². The van der Waals surface area contributed by atoms with Gasteiger partial charge in [-0.15, -0.1) is 11.3 Å². The van der Waals surface area contributed by atoms with Gasteiger partial charge in [0.25, 0.3) is 0 Å². The molecule has 0 saturated carbocycles. The second-order valence-electron chi connectivity index (χ2n) is 6.78. The van der Waals surface area contributed by atoms with Crippen LogP contribution in [0.1, 0.15) is 23.8 Å². The molecule has 0 aliphatic carbocycles. The van der Waals surface area contributed by atoms with Crippen LogP contribution < -0.4 is 14.4 Å². The average Bonchev–Trinajstić information content (AvgIpc) is 3.11. The van der Waals surface area contributed by atoms with Crippen molar-refractivity contribution >= 4 is 33.8 Å². The quantitative estimate of drug-likeness (QED) is 0.361. The van der Waals surface area contributed by atoms with Crippen molar-refractivity contribution in [3.05, 3.63) is 51.9 Å². The van der Waals surface area contributed by atoms with Crippen LogP contribution in [0.25, 0.3) is 11.3 Å². The molecular formula is C22H22ClF3N2O2S. The molecule has 0 aliphatic rings. The fourth-order valence-corrected chi connectivity index (χ4v) is 4.41. The van der Waals surface area contributed by atoms with Gasteiger partial charge >= 0.3 is 6.18 Å². The van der Waals surface area contributed by atoms with E-state index in [1.807, 2.05) is 19.9 Å². The van der Waals surface area contributed by atoms with E-state index in [1.165, 1.54) is 24.5 Å². The van der Waals surface area contributed by atoms with Crippen LogP contribution in [0, 0.1) is 6.92 Å². The summed E-state index contributed by atoms with van der Waals surface area (Å²) in [5.74, 6) is 0.974. The second kappa shape index (κ2) is 9.36. The van der Waals surface area contributed by atoms with Gasteiger partial charge in [0, 0.05) is 17.0 Å². The van der Waals surface area contributed by atoms with Crippen molar-refractivity contribution in [2.45, 2.75) is 26.4 Å². The van der Waals surface area contributed by atoms with Gasteiger partial charge in [0.15, 0.2) is 5.13 Å². The number of benzene rings is 2. The highest BCUT2D eigenvalue weighted by atomic mass is 35.5. The van der Waals surface area contributed by atoms with Gasteiger partial charge in [-0.1, -0.05) is 18.5 Å². The monoisotopic (exact) mass is 470 g/mol. The number of rotatable bonds is 7. The SMILES string of the molecule is CCCN(c1nc(-c2ccc(OC)cc2Cl)c(C)s1)c1cc(C(F)(F)F)ccc1OC. The molecule has 1 heterocycles. The Morgan fingerprint density at radius 1 is 1.10 bits per heavy atom. The van der Waals surface area contributed by atoms with E-state index in [1.54, 1.807) is 24.1 Å². The summed E-state index contributed by atoms with van der Waals surface area (Å²) in [6.07, 6.45) is -3.75. The first-order valence-corrected chi connectivity index (χ1v) is 10.7. The highest BCUT2D eigenvalue weighted by molar-refractivity contribution is 7.16. The molecular weight excluding hydrogens is 449 g/mol. The molecule has 0 atom stereocenters. The van der Waals surface area contributed by atoms with Crippen LogP contribution in [0.2, 0.25) is 5.02 Å². The first-order valence-electron chi connectivity index (χ1n) is 9.53. The van der Waals surface area contributed by atoms with E-state index in [4.69, 9.17) is 26.1 Å². The third kappa shape index (κ3) is 4.91. The fourth-order valence-electron chi connectivity index (χ4n) is 3.18. The minimum atomic E-state index is -4.46. The van der Waals surface area contributed by atoms with Gasteiger partial charge < -0.3 is 14.4 Å². The molecule has 0 aliphatic heterocycles. The molecule has 31 heavy (non-hydrogen) atoms. The average molecular weight is 471 g/mol. The number of thiazole rings is 1. The summed E-state index contributed by atoms with van der Waals surface area (Å²) in [6, 6.07) is 8.77. The number of hydrogen-bond acceptors (Lipinski definition) is 5. The van der Waals surface area contributed by atoms with Crippen LogP contribution >= 0.6 is 22.9 Å². The van der Waals surface area contributed by atoms with Gasteiger partial charge in [0.2, 0.25) is 0 Å². The molecule has 0 unspecified atom stereocenters. The number of halogens is 4. The summed E-state index contributed by atoms with van der Waals surface area (Å²) in [7, 11) is 2.99. The van der Waals surface area contributed by atoms with E-state index in [0.29, 0.717) is 46.0 Å². The summed E-state index contributed by atoms with van der Waals surface area (Å²) in [5.41, 5.74) is 0.992. The van der Waals surface area contributed by atoms with Gasteiger partial charge in [0.1, 0.15) is 11.5 Å². The lowest BCUT2D eigenvalue weighted by molar-refractivity contribution is -0.137. The molecule has 4 nitrogen and oxygen atoms in total. The topological polar surface area (TPSA) is 34.6 Å². The maximum atomic E-state index is 13.4. The van der Waals surface area contributed by atoms with Crippen molar-refractivity contribution in [3.8, 4) is 22.8 Å². The van der Waals surface area contributed by atoms with E-state index < -0.39 is 11.7 Å². The minimum Gasteiger partial charge on any atom is -0.497 e. The van der Waals surface area contributed by atoms with Crippen molar-refractivity contribution in [2.75, 3.05) is 25.7 Å². The van der Waals surface area contributed by atoms with E-state index in [2.05, 4.69) is 0 Å². The van der Waals surface area contributed by atoms with Crippen molar-refractivity contribution in [1.29, 1.82) is 0 Å². The summed E-state index contributed by atoms with van der Waals surface area (Å²) in [4.78, 5) is 7.40. The molecule has 0 bridgehead atoms. The largest absolute Gasteiger partial charge is 0.497 e. The van der Waals surface area contributed by atoms with E-state index in [0.717, 1.165) is 22.6 Å². The van der Waals surface area contributed by atoms with Crippen molar-refractivity contribution < 1.29 is 22.6 Å². The molecule has 0 N–H and O–H groups in total. The summed E-state index contributed by atoms with van der Waals surface area (Å²) >= 11 is 7.82. The van der Waals surface area contributed by atoms with Gasteiger partial charge in [-0.25, -0.2) is 4.98 Å². The van der Waals surface area contributed by atoms with Gasteiger partial charge in [-0.3, -0.25) is 0 Å². The first-order chi connectivity index (χ1) is 14.7. The van der Waals surface area contributed by atoms with Gasteiger partial charge in [-0.2, -0.15) is 13.2 Å². The van der Waals surface area contributed by atoms with Gasteiger partial charge in [-0.05, 0) is 49.7 Å². The first kappa shape index (κ1) is 23.2. The Morgan fingerprint density at radius 3 is 2.42 bits per heavy atom. The van der Waals surface area contributed by atoms with Gasteiger partial charge in [0.05, 0.1) is 36.2 Å².